The zero-order valence-corrected chi connectivity index (χ0v) is 17.3. The maximum Gasteiger partial charge on any atom is 0.116 e. The van der Waals surface area contributed by atoms with Crippen LogP contribution in [0.4, 0.5) is 0 Å². The minimum atomic E-state index is -0.552. The zero-order chi connectivity index (χ0) is 17.9. The molecule has 1 N–H and O–H groups in total. The molecule has 0 aliphatic carbocycles. The molecule has 2 rings (SSSR count). The lowest BCUT2D eigenvalue weighted by atomic mass is 9.76. The topological polar surface area (TPSA) is 20.2 Å². The van der Waals surface area contributed by atoms with Gasteiger partial charge >= 0.3 is 0 Å². The van der Waals surface area contributed by atoms with E-state index in [4.69, 9.17) is 0 Å². The second-order valence-corrected chi connectivity index (χ2v) is 9.70. The fourth-order valence-corrected chi connectivity index (χ4v) is 6.09. The molecule has 0 saturated carbocycles. The number of aromatic hydroxyl groups is 1. The number of hydrogen-bond acceptors (Lipinski definition) is 1. The van der Waals surface area contributed by atoms with Crippen LogP contribution in [-0.4, -0.2) is 14.6 Å². The van der Waals surface area contributed by atoms with Crippen molar-refractivity contribution in [2.75, 3.05) is 0 Å². The fourth-order valence-electron chi connectivity index (χ4n) is 4.28. The summed E-state index contributed by atoms with van der Waals surface area (Å²) in [4.78, 5) is 0. The summed E-state index contributed by atoms with van der Waals surface area (Å²) in [6, 6.07) is 11.6. The van der Waals surface area contributed by atoms with Gasteiger partial charge in [-0.3, -0.25) is 0 Å². The first kappa shape index (κ1) is 18.6. The average molecular weight is 339 g/mol. The van der Waals surface area contributed by atoms with Gasteiger partial charge in [0.15, 0.2) is 0 Å². The molecule has 0 atom stereocenters. The van der Waals surface area contributed by atoms with Crippen molar-refractivity contribution >= 4 is 20.3 Å². The van der Waals surface area contributed by atoms with Gasteiger partial charge < -0.3 is 5.11 Å². The molecule has 0 aliphatic rings. The average Bonchev–Trinajstić information content (AvgIpc) is 2.50. The van der Waals surface area contributed by atoms with Gasteiger partial charge in [-0.2, -0.15) is 0 Å². The number of hydrogen-bond donors (Lipinski definition) is 1. The summed E-state index contributed by atoms with van der Waals surface area (Å²) in [5.74, 6) is 5.73. The summed E-state index contributed by atoms with van der Waals surface area (Å²) in [7, 11) is -0.552. The Morgan fingerprint density at radius 1 is 0.917 bits per heavy atom. The Morgan fingerprint density at radius 3 is 2.12 bits per heavy atom. The highest BCUT2D eigenvalue weighted by Crippen LogP contribution is 2.48. The molecule has 2 aromatic carbocycles. The van der Waals surface area contributed by atoms with Crippen molar-refractivity contribution in [3.05, 3.63) is 42.0 Å². The first-order valence-electron chi connectivity index (χ1n) is 8.99. The predicted octanol–water partition coefficient (Wildman–Crippen LogP) is 5.15. The van der Waals surface area contributed by atoms with Gasteiger partial charge in [-0.1, -0.05) is 59.6 Å². The van der Waals surface area contributed by atoms with E-state index in [-0.39, 0.29) is 0 Å². The molecule has 0 spiro atoms. The van der Waals surface area contributed by atoms with E-state index in [9.17, 15) is 5.11 Å². The quantitative estimate of drug-likeness (QED) is 0.604. The summed E-state index contributed by atoms with van der Waals surface area (Å²) in [6.45, 7) is 14.1. The lowest BCUT2D eigenvalue weighted by Crippen LogP contribution is -2.36. The lowest BCUT2D eigenvalue weighted by Gasteiger charge is -2.44. The van der Waals surface area contributed by atoms with Crippen LogP contribution in [0.1, 0.15) is 47.1 Å². The maximum absolute atomic E-state index is 9.66. The van der Waals surface area contributed by atoms with Gasteiger partial charge in [0.05, 0.1) is 0 Å². The second kappa shape index (κ2) is 7.45. The Balaban J connectivity index is 2.39. The number of phenols is 1. The first-order chi connectivity index (χ1) is 11.3. The van der Waals surface area contributed by atoms with E-state index in [1.54, 1.807) is 12.1 Å². The molecule has 0 bridgehead atoms. The van der Waals surface area contributed by atoms with Gasteiger partial charge in [-0.05, 0) is 57.8 Å². The van der Waals surface area contributed by atoms with E-state index in [0.717, 1.165) is 16.3 Å². The minimum absolute atomic E-state index is 0.306. The molecule has 2 aromatic rings. The number of rotatable bonds is 4. The van der Waals surface area contributed by atoms with Gasteiger partial charge in [0.2, 0.25) is 0 Å². The molecule has 0 aliphatic heterocycles. The van der Waals surface area contributed by atoms with Crippen LogP contribution in [0.15, 0.2) is 36.4 Å². The Morgan fingerprint density at radius 2 is 1.54 bits per heavy atom. The molecule has 128 valence electrons. The van der Waals surface area contributed by atoms with Gasteiger partial charge in [0.1, 0.15) is 15.3 Å². The molecule has 24 heavy (non-hydrogen) atoms. The molecule has 0 unspecified atom stereocenters. The van der Waals surface area contributed by atoms with Crippen LogP contribution in [0.25, 0.3) is 10.8 Å². The van der Waals surface area contributed by atoms with Crippen LogP contribution in [0, 0.1) is 29.2 Å². The Kier molecular flexibility index (Phi) is 5.77. The van der Waals surface area contributed by atoms with Crippen molar-refractivity contribution in [1.29, 1.82) is 0 Å². The van der Waals surface area contributed by atoms with E-state index in [1.165, 1.54) is 0 Å². The SMILES string of the molecule is CC(C)C([SiH2]C#Cc1cccc2cc(O)ccc12)(C(C)C)C(C)C. The van der Waals surface area contributed by atoms with E-state index in [2.05, 4.69) is 59.1 Å². The van der Waals surface area contributed by atoms with Crippen LogP contribution in [0.5, 0.6) is 5.75 Å². The van der Waals surface area contributed by atoms with Gasteiger partial charge in [0.25, 0.3) is 0 Å². The Labute approximate surface area is 149 Å². The predicted molar refractivity (Wildman–Crippen MR) is 108 cm³/mol. The molecule has 0 saturated heterocycles. The molecular formula is C22H30OSi. The third-order valence-electron chi connectivity index (χ3n) is 5.71. The fraction of sp³-hybridized carbons (Fsp3) is 0.455. The molecule has 1 nitrogen and oxygen atoms in total. The summed E-state index contributed by atoms with van der Waals surface area (Å²) in [5, 5.41) is 12.2. The summed E-state index contributed by atoms with van der Waals surface area (Å²) in [6.07, 6.45) is 0. The third kappa shape index (κ3) is 3.52. The second-order valence-electron chi connectivity index (χ2n) is 7.77. The van der Waals surface area contributed by atoms with E-state index in [0.29, 0.717) is 28.5 Å². The Bertz CT molecular complexity index is 741. The normalized spacial score (nSPS) is 12.5. The molecule has 0 fully saturated rings. The molecule has 0 amide bonds. The minimum Gasteiger partial charge on any atom is -0.508 e. The van der Waals surface area contributed by atoms with Crippen LogP contribution in [-0.2, 0) is 0 Å². The largest absolute Gasteiger partial charge is 0.508 e. The highest BCUT2D eigenvalue weighted by molar-refractivity contribution is 6.50. The standard InChI is InChI=1S/C22H30OSi/c1-15(2)22(16(3)4,17(5)6)24-13-12-18-8-7-9-19-14-20(23)10-11-21(18)19/h7-11,14-17,23H,24H2,1-6H3. The van der Waals surface area contributed by atoms with E-state index in [1.807, 2.05) is 18.2 Å². The van der Waals surface area contributed by atoms with Crippen molar-refractivity contribution < 1.29 is 5.11 Å². The number of fused-ring (bicyclic) bond motifs is 1. The highest BCUT2D eigenvalue weighted by atomic mass is 28.2. The summed E-state index contributed by atoms with van der Waals surface area (Å²) >= 11 is 0. The van der Waals surface area contributed by atoms with Crippen molar-refractivity contribution in [3.8, 4) is 17.2 Å². The number of benzene rings is 2. The van der Waals surface area contributed by atoms with Gasteiger partial charge in [-0.25, -0.2) is 0 Å². The molecule has 0 radical (unpaired) electrons. The van der Waals surface area contributed by atoms with E-state index >= 15 is 0 Å². The monoisotopic (exact) mass is 338 g/mol. The van der Waals surface area contributed by atoms with Crippen molar-refractivity contribution in [3.63, 3.8) is 0 Å². The van der Waals surface area contributed by atoms with Crippen LogP contribution < -0.4 is 0 Å². The van der Waals surface area contributed by atoms with Crippen LogP contribution >= 0.6 is 0 Å². The lowest BCUT2D eigenvalue weighted by molar-refractivity contribution is 0.233. The molecule has 0 aromatic heterocycles. The smallest absolute Gasteiger partial charge is 0.116 e. The summed E-state index contributed by atoms with van der Waals surface area (Å²) in [5.41, 5.74) is 4.69. The highest BCUT2D eigenvalue weighted by Gasteiger charge is 2.39. The Hall–Kier alpha value is -1.72. The maximum atomic E-state index is 9.66. The van der Waals surface area contributed by atoms with Gasteiger partial charge in [0, 0.05) is 5.56 Å². The third-order valence-corrected chi connectivity index (χ3v) is 9.12. The van der Waals surface area contributed by atoms with E-state index < -0.39 is 9.52 Å². The van der Waals surface area contributed by atoms with Crippen molar-refractivity contribution in [2.45, 2.75) is 46.6 Å². The van der Waals surface area contributed by atoms with Gasteiger partial charge in [-0.15, -0.1) is 5.54 Å². The zero-order valence-electron chi connectivity index (χ0n) is 15.9. The van der Waals surface area contributed by atoms with Crippen molar-refractivity contribution in [2.24, 2.45) is 17.8 Å². The molecule has 0 heterocycles. The van der Waals surface area contributed by atoms with Crippen LogP contribution in [0.2, 0.25) is 5.04 Å². The first-order valence-corrected chi connectivity index (χ1v) is 10.4. The molecular weight excluding hydrogens is 308 g/mol. The molecule has 2 heteroatoms. The summed E-state index contributed by atoms with van der Waals surface area (Å²) < 4.78 is 0. The number of phenolic OH excluding ortho intramolecular Hbond substituents is 1. The van der Waals surface area contributed by atoms with Crippen molar-refractivity contribution in [1.82, 2.24) is 0 Å². The van der Waals surface area contributed by atoms with Crippen LogP contribution in [0.3, 0.4) is 0 Å².